The molecule has 0 saturated carbocycles. The third-order valence-corrected chi connectivity index (χ3v) is 4.49. The first-order chi connectivity index (χ1) is 16.5. The Hall–Kier alpha value is -1.50. The molecule has 0 N–H and O–H groups in total. The van der Waals surface area contributed by atoms with Crippen LogP contribution in [0.5, 0.6) is 11.5 Å². The maximum absolute atomic E-state index is 11.8. The average molecular weight is 527 g/mol. The molecule has 194 valence electrons. The summed E-state index contributed by atoms with van der Waals surface area (Å²) in [5.41, 5.74) is -0.0178. The molecule has 0 heterocycles. The minimum Gasteiger partial charge on any atom is -0.490 e. The van der Waals surface area contributed by atoms with Gasteiger partial charge in [0.2, 0.25) is 0 Å². The van der Waals surface area contributed by atoms with Gasteiger partial charge in [-0.3, -0.25) is 9.59 Å². The molecule has 0 spiro atoms. The molecular formula is C22H32Cl2O10. The first-order valence-corrected chi connectivity index (χ1v) is 11.4. The van der Waals surface area contributed by atoms with Crippen molar-refractivity contribution in [3.05, 3.63) is 23.3 Å². The summed E-state index contributed by atoms with van der Waals surface area (Å²) in [5.74, 6) is 0.285. The summed E-state index contributed by atoms with van der Waals surface area (Å²) in [6.45, 7) is 4.34. The second-order valence-corrected chi connectivity index (χ2v) is 7.21. The van der Waals surface area contributed by atoms with Crippen LogP contribution in [0.2, 0.25) is 0 Å². The zero-order valence-electron chi connectivity index (χ0n) is 19.5. The predicted octanol–water partition coefficient (Wildman–Crippen LogP) is 2.56. The van der Waals surface area contributed by atoms with E-state index in [1.54, 1.807) is 14.2 Å². The monoisotopic (exact) mass is 526 g/mol. The highest BCUT2D eigenvalue weighted by Gasteiger charge is 2.20. The van der Waals surface area contributed by atoms with Gasteiger partial charge in [0.25, 0.3) is 10.5 Å². The van der Waals surface area contributed by atoms with Gasteiger partial charge in [-0.25, -0.2) is 0 Å². The van der Waals surface area contributed by atoms with Crippen LogP contribution in [-0.4, -0.2) is 104 Å². The van der Waals surface area contributed by atoms with Gasteiger partial charge in [0.1, 0.15) is 24.7 Å². The van der Waals surface area contributed by atoms with E-state index in [0.717, 1.165) is 0 Å². The quantitative estimate of drug-likeness (QED) is 0.165. The third kappa shape index (κ3) is 13.4. The van der Waals surface area contributed by atoms with Gasteiger partial charge in [-0.15, -0.1) is 0 Å². The van der Waals surface area contributed by atoms with E-state index in [0.29, 0.717) is 52.9 Å². The zero-order valence-corrected chi connectivity index (χ0v) is 21.0. The van der Waals surface area contributed by atoms with Crippen LogP contribution >= 0.6 is 23.2 Å². The minimum absolute atomic E-state index is 0.00891. The Bertz CT molecular complexity index is 662. The van der Waals surface area contributed by atoms with Crippen molar-refractivity contribution in [3.8, 4) is 11.5 Å². The molecule has 0 aliphatic heterocycles. The molecular weight excluding hydrogens is 495 g/mol. The highest BCUT2D eigenvalue weighted by Crippen LogP contribution is 2.31. The normalized spacial score (nSPS) is 10.9. The molecule has 0 unspecified atom stereocenters. The van der Waals surface area contributed by atoms with Crippen molar-refractivity contribution in [1.82, 2.24) is 0 Å². The van der Waals surface area contributed by atoms with Crippen LogP contribution in [0.25, 0.3) is 0 Å². The number of hydrogen-bond acceptors (Lipinski definition) is 10. The van der Waals surface area contributed by atoms with Gasteiger partial charge < -0.3 is 37.9 Å². The molecule has 0 fully saturated rings. The maximum atomic E-state index is 11.8. The lowest BCUT2D eigenvalue weighted by Crippen LogP contribution is -2.14. The fraction of sp³-hybridized carbons (Fsp3) is 0.636. The van der Waals surface area contributed by atoms with Gasteiger partial charge in [-0.2, -0.15) is 0 Å². The van der Waals surface area contributed by atoms with Crippen LogP contribution in [-0.2, 0) is 28.4 Å². The number of ether oxygens (including phenoxy) is 8. The summed E-state index contributed by atoms with van der Waals surface area (Å²) in [6.07, 6.45) is 0. The summed E-state index contributed by atoms with van der Waals surface area (Å²) in [7, 11) is 3.19. The molecule has 1 rings (SSSR count). The van der Waals surface area contributed by atoms with E-state index in [4.69, 9.17) is 61.1 Å². The van der Waals surface area contributed by atoms with Crippen LogP contribution < -0.4 is 9.47 Å². The molecule has 10 nitrogen and oxygen atoms in total. The number of rotatable bonds is 22. The summed E-state index contributed by atoms with van der Waals surface area (Å²) >= 11 is 11.3. The van der Waals surface area contributed by atoms with Gasteiger partial charge >= 0.3 is 0 Å². The Labute approximate surface area is 209 Å². The summed E-state index contributed by atoms with van der Waals surface area (Å²) in [6, 6.07) is 2.64. The second-order valence-electron chi connectivity index (χ2n) is 6.52. The molecule has 0 saturated heterocycles. The molecule has 0 amide bonds. The first kappa shape index (κ1) is 30.5. The molecule has 1 aromatic rings. The standard InChI is InChI=1S/C22H32Cl2O10/c1-27-3-5-29-7-9-31-11-13-33-19-16-20(18(22(24)26)15-17(19)21(23)25)34-14-12-32-10-8-30-6-4-28-2/h15-16H,3-14H2,1-2H3. The number of hydrogen-bond donors (Lipinski definition) is 0. The van der Waals surface area contributed by atoms with Crippen molar-refractivity contribution in [1.29, 1.82) is 0 Å². The van der Waals surface area contributed by atoms with Gasteiger partial charge in [-0.05, 0) is 29.3 Å². The molecule has 0 aromatic heterocycles. The lowest BCUT2D eigenvalue weighted by atomic mass is 10.1. The Morgan fingerprint density at radius 3 is 1.21 bits per heavy atom. The maximum Gasteiger partial charge on any atom is 0.256 e. The third-order valence-electron chi connectivity index (χ3n) is 4.08. The second kappa shape index (κ2) is 19.8. The van der Waals surface area contributed by atoms with Crippen molar-refractivity contribution >= 4 is 33.7 Å². The molecule has 12 heteroatoms. The van der Waals surface area contributed by atoms with E-state index in [2.05, 4.69) is 0 Å². The first-order valence-electron chi connectivity index (χ1n) is 10.6. The van der Waals surface area contributed by atoms with Crippen LogP contribution in [0.15, 0.2) is 12.1 Å². The average Bonchev–Trinajstić information content (AvgIpc) is 2.81. The van der Waals surface area contributed by atoms with Crippen LogP contribution in [0.4, 0.5) is 0 Å². The number of carbonyl (C=O) groups excluding carboxylic acids is 2. The van der Waals surface area contributed by atoms with E-state index in [1.165, 1.54) is 12.1 Å². The van der Waals surface area contributed by atoms with Crippen molar-refractivity contribution in [2.75, 3.05) is 93.5 Å². The van der Waals surface area contributed by atoms with E-state index in [9.17, 15) is 9.59 Å². The van der Waals surface area contributed by atoms with E-state index in [-0.39, 0.29) is 49.1 Å². The summed E-state index contributed by atoms with van der Waals surface area (Å²) < 4.78 is 42.4. The molecule has 1 aromatic carbocycles. The number of benzene rings is 1. The van der Waals surface area contributed by atoms with Crippen LogP contribution in [0.3, 0.4) is 0 Å². The smallest absolute Gasteiger partial charge is 0.256 e. The highest BCUT2D eigenvalue weighted by molar-refractivity contribution is 6.69. The Morgan fingerprint density at radius 1 is 0.559 bits per heavy atom. The molecule has 34 heavy (non-hydrogen) atoms. The van der Waals surface area contributed by atoms with Crippen molar-refractivity contribution in [2.45, 2.75) is 0 Å². The Morgan fingerprint density at radius 2 is 0.882 bits per heavy atom. The summed E-state index contributed by atoms with van der Waals surface area (Å²) in [4.78, 5) is 23.7. The fourth-order valence-electron chi connectivity index (χ4n) is 2.46. The lowest BCUT2D eigenvalue weighted by Gasteiger charge is -2.15. The zero-order chi connectivity index (χ0) is 25.0. The van der Waals surface area contributed by atoms with Gasteiger partial charge in [0.15, 0.2) is 0 Å². The van der Waals surface area contributed by atoms with E-state index >= 15 is 0 Å². The largest absolute Gasteiger partial charge is 0.490 e. The molecule has 0 radical (unpaired) electrons. The molecule has 0 aliphatic rings. The Balaban J connectivity index is 2.55. The minimum atomic E-state index is -0.801. The fourth-order valence-corrected chi connectivity index (χ4v) is 2.75. The Kier molecular flexibility index (Phi) is 17.8. The van der Waals surface area contributed by atoms with Crippen molar-refractivity contribution < 1.29 is 47.5 Å². The van der Waals surface area contributed by atoms with Crippen molar-refractivity contribution in [2.24, 2.45) is 0 Å². The van der Waals surface area contributed by atoms with Gasteiger partial charge in [-0.1, -0.05) is 0 Å². The molecule has 0 atom stereocenters. The SMILES string of the molecule is COCCOCCOCCOc1cc(OCCOCCOCCOC)c(C(=O)Cl)cc1C(=O)Cl. The molecule has 0 bridgehead atoms. The topological polar surface area (TPSA) is 108 Å². The lowest BCUT2D eigenvalue weighted by molar-refractivity contribution is 0.0174. The predicted molar refractivity (Wildman–Crippen MR) is 125 cm³/mol. The molecule has 0 aliphatic carbocycles. The highest BCUT2D eigenvalue weighted by atomic mass is 35.5. The number of methoxy groups -OCH3 is 2. The number of halogens is 2. The van der Waals surface area contributed by atoms with E-state index < -0.39 is 10.5 Å². The van der Waals surface area contributed by atoms with Crippen LogP contribution in [0, 0.1) is 0 Å². The summed E-state index contributed by atoms with van der Waals surface area (Å²) in [5, 5.41) is -1.60. The number of carbonyl (C=O) groups is 2. The van der Waals surface area contributed by atoms with E-state index in [1.807, 2.05) is 0 Å². The van der Waals surface area contributed by atoms with Gasteiger partial charge in [0, 0.05) is 20.3 Å². The van der Waals surface area contributed by atoms with Gasteiger partial charge in [0.05, 0.1) is 77.2 Å². The van der Waals surface area contributed by atoms with Crippen LogP contribution in [0.1, 0.15) is 20.7 Å². The van der Waals surface area contributed by atoms with Crippen molar-refractivity contribution in [3.63, 3.8) is 0 Å².